The first-order valence-corrected chi connectivity index (χ1v) is 7.49. The lowest BCUT2D eigenvalue weighted by Crippen LogP contribution is -2.50. The fourth-order valence-electron chi connectivity index (χ4n) is 3.65. The van der Waals surface area contributed by atoms with E-state index in [2.05, 4.69) is 32.6 Å². The molecule has 0 amide bonds. The van der Waals surface area contributed by atoms with E-state index >= 15 is 0 Å². The van der Waals surface area contributed by atoms with Crippen LogP contribution in [0.5, 0.6) is 0 Å². The molecule has 0 aromatic rings. The third-order valence-electron chi connectivity index (χ3n) is 5.51. The van der Waals surface area contributed by atoms with Gasteiger partial charge < -0.3 is 9.84 Å². The topological polar surface area (TPSA) is 32.7 Å². The van der Waals surface area contributed by atoms with Crippen LogP contribution in [0, 0.1) is 11.3 Å². The molecule has 0 radical (unpaired) electrons. The second-order valence-corrected chi connectivity index (χ2v) is 6.69. The molecule has 2 aliphatic heterocycles. The first kappa shape index (κ1) is 14.3. The average Bonchev–Trinajstić information content (AvgIpc) is 2.68. The maximum atomic E-state index is 10.8. The van der Waals surface area contributed by atoms with Crippen LogP contribution in [0.1, 0.15) is 53.4 Å². The minimum Gasteiger partial charge on any atom is -0.381 e. The molecule has 1 N–H and O–H groups in total. The quantitative estimate of drug-likeness (QED) is 0.841. The van der Waals surface area contributed by atoms with E-state index in [1.807, 2.05) is 0 Å². The number of hydrogen-bond donors (Lipinski definition) is 1. The Hall–Kier alpha value is -0.120. The van der Waals surface area contributed by atoms with Crippen molar-refractivity contribution in [3.05, 3.63) is 0 Å². The molecule has 0 aromatic carbocycles. The van der Waals surface area contributed by atoms with E-state index in [4.69, 9.17) is 4.74 Å². The van der Waals surface area contributed by atoms with Gasteiger partial charge in [-0.3, -0.25) is 4.90 Å². The molecule has 2 aliphatic rings. The van der Waals surface area contributed by atoms with Crippen LogP contribution in [0.15, 0.2) is 0 Å². The lowest BCUT2D eigenvalue weighted by atomic mass is 9.71. The normalized spacial score (nSPS) is 36.5. The second kappa shape index (κ2) is 5.48. The van der Waals surface area contributed by atoms with Crippen molar-refractivity contribution in [2.45, 2.75) is 71.7 Å². The molecule has 2 rings (SSSR count). The summed E-state index contributed by atoms with van der Waals surface area (Å²) in [5.74, 6) is 0.310. The van der Waals surface area contributed by atoms with E-state index < -0.39 is 0 Å². The van der Waals surface area contributed by atoms with Crippen molar-refractivity contribution in [1.82, 2.24) is 4.90 Å². The monoisotopic (exact) mass is 255 g/mol. The van der Waals surface area contributed by atoms with Crippen LogP contribution >= 0.6 is 0 Å². The molecule has 4 atom stereocenters. The molecule has 0 aliphatic carbocycles. The van der Waals surface area contributed by atoms with Crippen molar-refractivity contribution in [3.63, 3.8) is 0 Å². The highest BCUT2D eigenvalue weighted by atomic mass is 16.5. The molecule has 106 valence electrons. The Morgan fingerprint density at radius 2 is 1.67 bits per heavy atom. The number of nitrogens with zero attached hydrogens (tertiary/aromatic N) is 1. The van der Waals surface area contributed by atoms with E-state index in [0.717, 1.165) is 26.1 Å². The summed E-state index contributed by atoms with van der Waals surface area (Å²) in [6.45, 7) is 10.7. The van der Waals surface area contributed by atoms with E-state index in [-0.39, 0.29) is 11.6 Å². The fraction of sp³-hybridized carbons (Fsp3) is 1.00. The van der Waals surface area contributed by atoms with E-state index in [1.54, 1.807) is 0 Å². The second-order valence-electron chi connectivity index (χ2n) is 6.69. The van der Waals surface area contributed by atoms with Gasteiger partial charge in [0.1, 0.15) is 6.23 Å². The minimum atomic E-state index is -0.305. The van der Waals surface area contributed by atoms with Gasteiger partial charge in [-0.1, -0.05) is 13.8 Å². The summed E-state index contributed by atoms with van der Waals surface area (Å²) < 4.78 is 5.47. The van der Waals surface area contributed by atoms with E-state index in [0.29, 0.717) is 18.0 Å². The van der Waals surface area contributed by atoms with Gasteiger partial charge in [0.05, 0.1) is 0 Å². The summed E-state index contributed by atoms with van der Waals surface area (Å²) in [6.07, 6.45) is 4.26. The zero-order valence-electron chi connectivity index (χ0n) is 12.4. The standard InChI is InChI=1S/C15H29NO2/c1-11-5-6-12(2)16(11)14(17)13(3)15(4)7-9-18-10-8-15/h11-14,17H,5-10H2,1-4H3/t11-,12?,13?,14?/m1/s1. The maximum Gasteiger partial charge on any atom is 0.110 e. The SMILES string of the molecule is CC1CC[C@@H](C)N1C(O)C(C)C1(C)CCOCC1. The summed E-state index contributed by atoms with van der Waals surface area (Å²) in [7, 11) is 0. The Morgan fingerprint density at radius 3 is 2.17 bits per heavy atom. The predicted octanol–water partition coefficient (Wildman–Crippen LogP) is 2.63. The van der Waals surface area contributed by atoms with Crippen LogP contribution in [-0.2, 0) is 4.74 Å². The summed E-state index contributed by atoms with van der Waals surface area (Å²) in [6, 6.07) is 1.03. The van der Waals surface area contributed by atoms with Gasteiger partial charge in [-0.2, -0.15) is 0 Å². The highest BCUT2D eigenvalue weighted by Gasteiger charge is 2.42. The van der Waals surface area contributed by atoms with Gasteiger partial charge in [0.2, 0.25) is 0 Å². The van der Waals surface area contributed by atoms with Gasteiger partial charge in [0, 0.05) is 31.2 Å². The van der Waals surface area contributed by atoms with Crippen LogP contribution in [-0.4, -0.2) is 41.5 Å². The highest BCUT2D eigenvalue weighted by Crippen LogP contribution is 2.41. The van der Waals surface area contributed by atoms with Gasteiger partial charge in [-0.05, 0) is 44.9 Å². The zero-order chi connectivity index (χ0) is 13.3. The Bertz CT molecular complexity index is 266. The third kappa shape index (κ3) is 2.59. The molecule has 18 heavy (non-hydrogen) atoms. The molecule has 3 heteroatoms. The number of rotatable bonds is 3. The fourth-order valence-corrected chi connectivity index (χ4v) is 3.65. The number of likely N-dealkylation sites (tertiary alicyclic amines) is 1. The molecule has 2 saturated heterocycles. The molecule has 0 spiro atoms. The van der Waals surface area contributed by atoms with Gasteiger partial charge >= 0.3 is 0 Å². The van der Waals surface area contributed by atoms with Crippen molar-refractivity contribution in [2.75, 3.05) is 13.2 Å². The highest BCUT2D eigenvalue weighted by molar-refractivity contribution is 4.91. The molecule has 0 saturated carbocycles. The van der Waals surface area contributed by atoms with Crippen LogP contribution in [0.4, 0.5) is 0 Å². The Labute approximate surface area is 112 Å². The smallest absolute Gasteiger partial charge is 0.110 e. The number of aliphatic hydroxyl groups is 1. The van der Waals surface area contributed by atoms with Crippen LogP contribution in [0.2, 0.25) is 0 Å². The van der Waals surface area contributed by atoms with Gasteiger partial charge in [0.25, 0.3) is 0 Å². The minimum absolute atomic E-state index is 0.222. The molecule has 2 heterocycles. The molecule has 3 nitrogen and oxygen atoms in total. The largest absolute Gasteiger partial charge is 0.381 e. The van der Waals surface area contributed by atoms with E-state index in [9.17, 15) is 5.11 Å². The number of aliphatic hydroxyl groups excluding tert-OH is 1. The van der Waals surface area contributed by atoms with Crippen LogP contribution < -0.4 is 0 Å². The molecule has 0 aromatic heterocycles. The lowest BCUT2D eigenvalue weighted by Gasteiger charge is -2.45. The average molecular weight is 255 g/mol. The molecular weight excluding hydrogens is 226 g/mol. The van der Waals surface area contributed by atoms with Gasteiger partial charge in [-0.15, -0.1) is 0 Å². The van der Waals surface area contributed by atoms with Crippen LogP contribution in [0.25, 0.3) is 0 Å². The van der Waals surface area contributed by atoms with E-state index in [1.165, 1.54) is 12.8 Å². The summed E-state index contributed by atoms with van der Waals surface area (Å²) in [4.78, 5) is 2.32. The van der Waals surface area contributed by atoms with Crippen molar-refractivity contribution in [1.29, 1.82) is 0 Å². The Kier molecular flexibility index (Phi) is 4.35. The first-order valence-electron chi connectivity index (χ1n) is 7.49. The Balaban J connectivity index is 2.05. The van der Waals surface area contributed by atoms with Gasteiger partial charge in [0.15, 0.2) is 0 Å². The third-order valence-corrected chi connectivity index (χ3v) is 5.51. The summed E-state index contributed by atoms with van der Waals surface area (Å²) >= 11 is 0. The van der Waals surface area contributed by atoms with Crippen molar-refractivity contribution >= 4 is 0 Å². The maximum absolute atomic E-state index is 10.8. The van der Waals surface area contributed by atoms with Crippen molar-refractivity contribution < 1.29 is 9.84 Å². The molecule has 3 unspecified atom stereocenters. The predicted molar refractivity (Wildman–Crippen MR) is 73.3 cm³/mol. The first-order chi connectivity index (χ1) is 8.46. The van der Waals surface area contributed by atoms with Crippen molar-refractivity contribution in [3.8, 4) is 0 Å². The summed E-state index contributed by atoms with van der Waals surface area (Å²) in [5, 5.41) is 10.8. The zero-order valence-corrected chi connectivity index (χ0v) is 12.4. The van der Waals surface area contributed by atoms with Crippen LogP contribution in [0.3, 0.4) is 0 Å². The molecular formula is C15H29NO2. The van der Waals surface area contributed by atoms with Gasteiger partial charge in [-0.25, -0.2) is 0 Å². The number of hydrogen-bond acceptors (Lipinski definition) is 3. The molecule has 2 fully saturated rings. The lowest BCUT2D eigenvalue weighted by molar-refractivity contribution is -0.115. The Morgan fingerprint density at radius 1 is 1.17 bits per heavy atom. The summed E-state index contributed by atoms with van der Waals surface area (Å²) in [5.41, 5.74) is 0.222. The van der Waals surface area contributed by atoms with Crippen molar-refractivity contribution in [2.24, 2.45) is 11.3 Å². The number of ether oxygens (including phenoxy) is 1. The molecule has 0 bridgehead atoms.